The van der Waals surface area contributed by atoms with E-state index in [1.807, 2.05) is 11.8 Å². The molecule has 29 heavy (non-hydrogen) atoms. The normalized spacial score (nSPS) is 12.7. The van der Waals surface area contributed by atoms with Gasteiger partial charge < -0.3 is 19.8 Å². The SMILES string of the molecule is CCCCCCCCCCCCCCCCSCC(CO)C(C)C.O=P(O)(O)O. The van der Waals surface area contributed by atoms with E-state index in [9.17, 15) is 5.11 Å². The van der Waals surface area contributed by atoms with Crippen LogP contribution in [-0.2, 0) is 4.57 Å². The van der Waals surface area contributed by atoms with Gasteiger partial charge >= 0.3 is 7.82 Å². The van der Waals surface area contributed by atoms with Gasteiger partial charge in [-0.2, -0.15) is 11.8 Å². The minimum Gasteiger partial charge on any atom is -0.396 e. The van der Waals surface area contributed by atoms with Crippen molar-refractivity contribution >= 4 is 19.6 Å². The highest BCUT2D eigenvalue weighted by Crippen LogP contribution is 2.25. The maximum absolute atomic E-state index is 9.31. The Morgan fingerprint density at radius 3 is 1.38 bits per heavy atom. The predicted molar refractivity (Wildman–Crippen MR) is 127 cm³/mol. The second kappa shape index (κ2) is 23.1. The third kappa shape index (κ3) is 33.3. The average molecular weight is 457 g/mol. The summed E-state index contributed by atoms with van der Waals surface area (Å²) in [5.41, 5.74) is 0. The summed E-state index contributed by atoms with van der Waals surface area (Å²) in [6.45, 7) is 7.07. The van der Waals surface area contributed by atoms with Crippen LogP contribution in [0.25, 0.3) is 0 Å². The second-order valence-corrected chi connectivity index (χ2v) is 10.5. The summed E-state index contributed by atoms with van der Waals surface area (Å²) in [6.07, 6.45) is 20.1. The fourth-order valence-electron chi connectivity index (χ4n) is 3.09. The molecule has 0 aliphatic heterocycles. The maximum atomic E-state index is 9.31. The van der Waals surface area contributed by atoms with Crippen molar-refractivity contribution in [3.05, 3.63) is 0 Å². The van der Waals surface area contributed by atoms with Gasteiger partial charge in [-0.25, -0.2) is 4.57 Å². The van der Waals surface area contributed by atoms with Crippen LogP contribution in [0.2, 0.25) is 0 Å². The number of hydrogen-bond acceptors (Lipinski definition) is 3. The van der Waals surface area contributed by atoms with Crippen molar-refractivity contribution in [2.75, 3.05) is 18.1 Å². The monoisotopic (exact) mass is 456 g/mol. The molecule has 0 fully saturated rings. The summed E-state index contributed by atoms with van der Waals surface area (Å²) in [7, 11) is -4.64. The zero-order chi connectivity index (χ0) is 22.4. The van der Waals surface area contributed by atoms with E-state index in [1.54, 1.807) is 0 Å². The van der Waals surface area contributed by atoms with Gasteiger partial charge in [-0.3, -0.25) is 0 Å². The molecule has 0 amide bonds. The van der Waals surface area contributed by atoms with Crippen molar-refractivity contribution in [2.45, 2.75) is 111 Å². The van der Waals surface area contributed by atoms with Crippen LogP contribution in [-0.4, -0.2) is 37.9 Å². The Morgan fingerprint density at radius 1 is 0.724 bits per heavy atom. The van der Waals surface area contributed by atoms with Gasteiger partial charge in [0, 0.05) is 6.61 Å². The number of rotatable bonds is 19. The minimum absolute atomic E-state index is 0.351. The molecule has 4 N–H and O–H groups in total. The highest BCUT2D eigenvalue weighted by Gasteiger charge is 2.11. The first-order valence-corrected chi connectivity index (χ1v) is 14.4. The zero-order valence-corrected chi connectivity index (χ0v) is 20.9. The van der Waals surface area contributed by atoms with Crippen molar-refractivity contribution < 1.29 is 24.4 Å². The van der Waals surface area contributed by atoms with Crippen LogP contribution in [0.4, 0.5) is 0 Å². The lowest BCUT2D eigenvalue weighted by atomic mass is 9.99. The van der Waals surface area contributed by atoms with Crippen molar-refractivity contribution in [3.8, 4) is 0 Å². The van der Waals surface area contributed by atoms with Crippen LogP contribution in [0.1, 0.15) is 111 Å². The molecule has 7 heteroatoms. The highest BCUT2D eigenvalue weighted by molar-refractivity contribution is 7.99. The standard InChI is InChI=1S/C22H46OS.H3O4P/c1-4-5-6-7-8-9-10-11-12-13-14-15-16-17-18-24-20-22(19-23)21(2)3;1-5(2,3)4/h21-23H,4-20H2,1-3H3;(H3,1,2,3,4). The van der Waals surface area contributed by atoms with Crippen LogP contribution < -0.4 is 0 Å². The van der Waals surface area contributed by atoms with Gasteiger partial charge in [0.15, 0.2) is 0 Å². The number of aliphatic hydroxyl groups is 1. The van der Waals surface area contributed by atoms with Crippen molar-refractivity contribution in [2.24, 2.45) is 11.8 Å². The first kappa shape index (κ1) is 31.6. The van der Waals surface area contributed by atoms with E-state index in [1.165, 1.54) is 95.6 Å². The smallest absolute Gasteiger partial charge is 0.396 e. The van der Waals surface area contributed by atoms with Crippen molar-refractivity contribution in [1.82, 2.24) is 0 Å². The van der Waals surface area contributed by atoms with Crippen LogP contribution in [0.3, 0.4) is 0 Å². The van der Waals surface area contributed by atoms with Crippen LogP contribution >= 0.6 is 19.6 Å². The second-order valence-electron chi connectivity index (χ2n) is 8.37. The lowest BCUT2D eigenvalue weighted by Gasteiger charge is -2.17. The van der Waals surface area contributed by atoms with Gasteiger partial charge in [0.1, 0.15) is 0 Å². The molecule has 0 aliphatic carbocycles. The van der Waals surface area contributed by atoms with E-state index in [2.05, 4.69) is 20.8 Å². The summed E-state index contributed by atoms with van der Waals surface area (Å²) >= 11 is 2.04. The summed E-state index contributed by atoms with van der Waals surface area (Å²) in [5.74, 6) is 3.51. The van der Waals surface area contributed by atoms with E-state index in [-0.39, 0.29) is 0 Å². The minimum atomic E-state index is -4.64. The van der Waals surface area contributed by atoms with Gasteiger partial charge in [0.2, 0.25) is 0 Å². The van der Waals surface area contributed by atoms with Gasteiger partial charge in [-0.15, -0.1) is 0 Å². The number of unbranched alkanes of at least 4 members (excludes halogenated alkanes) is 13. The lowest BCUT2D eigenvalue weighted by Crippen LogP contribution is -2.16. The largest absolute Gasteiger partial charge is 0.466 e. The number of aliphatic hydroxyl groups excluding tert-OH is 1. The Balaban J connectivity index is 0. The molecule has 5 nitrogen and oxygen atoms in total. The Kier molecular flexibility index (Phi) is 25.2. The molecule has 1 atom stereocenters. The van der Waals surface area contributed by atoms with E-state index < -0.39 is 7.82 Å². The lowest BCUT2D eigenvalue weighted by molar-refractivity contribution is 0.206. The quantitative estimate of drug-likeness (QED) is 0.130. The molecule has 0 aliphatic rings. The van der Waals surface area contributed by atoms with E-state index in [0.29, 0.717) is 18.4 Å². The fraction of sp³-hybridized carbons (Fsp3) is 1.00. The Labute approximate surface area is 184 Å². The van der Waals surface area contributed by atoms with Crippen LogP contribution in [0, 0.1) is 11.8 Å². The molecule has 0 heterocycles. The third-order valence-electron chi connectivity index (χ3n) is 5.15. The molecule has 178 valence electrons. The number of hydrogen-bond donors (Lipinski definition) is 4. The zero-order valence-electron chi connectivity index (χ0n) is 19.2. The molecule has 0 aromatic rings. The summed E-state index contributed by atoms with van der Waals surface area (Å²) in [5, 5.41) is 9.31. The summed E-state index contributed by atoms with van der Waals surface area (Å²) in [6, 6.07) is 0. The molecule has 0 aromatic heterocycles. The van der Waals surface area contributed by atoms with Crippen molar-refractivity contribution in [1.29, 1.82) is 0 Å². The summed E-state index contributed by atoms with van der Waals surface area (Å²) in [4.78, 5) is 21.6. The summed E-state index contributed by atoms with van der Waals surface area (Å²) < 4.78 is 8.88. The molecule has 0 bridgehead atoms. The van der Waals surface area contributed by atoms with Crippen molar-refractivity contribution in [3.63, 3.8) is 0 Å². The maximum Gasteiger partial charge on any atom is 0.466 e. The van der Waals surface area contributed by atoms with Crippen LogP contribution in [0.5, 0.6) is 0 Å². The molecular formula is C22H49O5PS. The van der Waals surface area contributed by atoms with E-state index in [0.717, 1.165) is 5.75 Å². The highest BCUT2D eigenvalue weighted by atomic mass is 32.2. The molecule has 0 spiro atoms. The number of phosphoric acid groups is 1. The van der Waals surface area contributed by atoms with E-state index in [4.69, 9.17) is 19.2 Å². The molecule has 0 rings (SSSR count). The predicted octanol–water partition coefficient (Wildman–Crippen LogP) is 6.54. The van der Waals surface area contributed by atoms with Crippen LogP contribution in [0.15, 0.2) is 0 Å². The molecular weight excluding hydrogens is 407 g/mol. The first-order chi connectivity index (χ1) is 13.7. The first-order valence-electron chi connectivity index (χ1n) is 11.7. The molecule has 1 unspecified atom stereocenters. The average Bonchev–Trinajstić information content (AvgIpc) is 2.62. The Bertz CT molecular complexity index is 355. The molecule has 0 saturated carbocycles. The third-order valence-corrected chi connectivity index (χ3v) is 6.39. The fourth-order valence-corrected chi connectivity index (χ4v) is 4.46. The molecule has 0 saturated heterocycles. The molecule has 0 aromatic carbocycles. The van der Waals surface area contributed by atoms with Gasteiger partial charge in [0.05, 0.1) is 0 Å². The number of thioether (sulfide) groups is 1. The van der Waals surface area contributed by atoms with Gasteiger partial charge in [-0.1, -0.05) is 104 Å². The Morgan fingerprint density at radius 2 is 1.07 bits per heavy atom. The molecule has 0 radical (unpaired) electrons. The van der Waals surface area contributed by atoms with Gasteiger partial charge in [-0.05, 0) is 29.8 Å². The Hall–Kier alpha value is 0.420. The van der Waals surface area contributed by atoms with Gasteiger partial charge in [0.25, 0.3) is 0 Å². The van der Waals surface area contributed by atoms with E-state index >= 15 is 0 Å². The topological polar surface area (TPSA) is 98.0 Å².